The molecule has 0 radical (unpaired) electrons. The van der Waals surface area contributed by atoms with Crippen molar-refractivity contribution >= 4 is 35.1 Å². The lowest BCUT2D eigenvalue weighted by molar-refractivity contribution is -0.138. The number of carbonyl (C=O) groups is 2. The minimum Gasteiger partial charge on any atom is -0.481 e. The molecule has 1 atom stereocenters. The van der Waals surface area contributed by atoms with Crippen molar-refractivity contribution < 1.29 is 14.7 Å². The first-order chi connectivity index (χ1) is 9.45. The zero-order chi connectivity index (χ0) is 14.7. The summed E-state index contributed by atoms with van der Waals surface area (Å²) in [6.07, 6.45) is 1.08. The number of aliphatic carboxylic acids is 1. The van der Waals surface area contributed by atoms with Crippen molar-refractivity contribution in [2.75, 3.05) is 13.1 Å². The van der Waals surface area contributed by atoms with Gasteiger partial charge in [0.25, 0.3) is 0 Å². The van der Waals surface area contributed by atoms with Crippen LogP contribution in [0.1, 0.15) is 18.4 Å². The number of hydrogen-bond acceptors (Lipinski definition) is 2. The van der Waals surface area contributed by atoms with E-state index in [0.29, 0.717) is 23.1 Å². The molecule has 1 aliphatic rings. The first-order valence-corrected chi connectivity index (χ1v) is 7.15. The first kappa shape index (κ1) is 15.1. The van der Waals surface area contributed by atoms with E-state index in [-0.39, 0.29) is 24.7 Å². The number of rotatable bonds is 4. The third kappa shape index (κ3) is 3.87. The molecular weight excluding hydrogens is 301 g/mol. The third-order valence-corrected chi connectivity index (χ3v) is 4.05. The van der Waals surface area contributed by atoms with Gasteiger partial charge in [-0.1, -0.05) is 29.3 Å². The van der Waals surface area contributed by atoms with E-state index in [1.807, 2.05) is 0 Å². The van der Waals surface area contributed by atoms with Crippen molar-refractivity contribution in [3.05, 3.63) is 33.8 Å². The van der Waals surface area contributed by atoms with Crippen molar-refractivity contribution in [1.29, 1.82) is 0 Å². The fourth-order valence-electron chi connectivity index (χ4n) is 2.41. The SMILES string of the molecule is O=C(O)CC1CCN(C(=O)Cc2ccc(Cl)cc2Cl)C1. The summed E-state index contributed by atoms with van der Waals surface area (Å²) >= 11 is 11.9. The summed E-state index contributed by atoms with van der Waals surface area (Å²) < 4.78 is 0. The van der Waals surface area contributed by atoms with Crippen molar-refractivity contribution in [3.63, 3.8) is 0 Å². The lowest BCUT2D eigenvalue weighted by atomic mass is 10.1. The maximum atomic E-state index is 12.2. The number of nitrogens with zero attached hydrogens (tertiary/aromatic N) is 1. The summed E-state index contributed by atoms with van der Waals surface area (Å²) in [5.41, 5.74) is 0.739. The normalized spacial score (nSPS) is 18.3. The number of amides is 1. The number of hydrogen-bond donors (Lipinski definition) is 1. The van der Waals surface area contributed by atoms with E-state index < -0.39 is 5.97 Å². The van der Waals surface area contributed by atoms with Gasteiger partial charge in [0.1, 0.15) is 0 Å². The summed E-state index contributed by atoms with van der Waals surface area (Å²) in [5.74, 6) is -0.788. The molecule has 1 amide bonds. The van der Waals surface area contributed by atoms with Gasteiger partial charge in [0.15, 0.2) is 0 Å². The molecule has 2 rings (SSSR count). The van der Waals surface area contributed by atoms with Crippen molar-refractivity contribution in [3.8, 4) is 0 Å². The molecule has 4 nitrogen and oxygen atoms in total. The van der Waals surface area contributed by atoms with E-state index in [9.17, 15) is 9.59 Å². The summed E-state index contributed by atoms with van der Waals surface area (Å²) in [6, 6.07) is 5.06. The Balaban J connectivity index is 1.94. The Morgan fingerprint density at radius 1 is 1.35 bits per heavy atom. The molecule has 1 fully saturated rings. The molecule has 0 bridgehead atoms. The Hall–Kier alpha value is -1.26. The van der Waals surface area contributed by atoms with Crippen LogP contribution in [0.4, 0.5) is 0 Å². The summed E-state index contributed by atoms with van der Waals surface area (Å²) in [6.45, 7) is 1.12. The second-order valence-corrected chi connectivity index (χ2v) is 5.85. The monoisotopic (exact) mass is 315 g/mol. The van der Waals surface area contributed by atoms with Crippen molar-refractivity contribution in [2.45, 2.75) is 19.3 Å². The summed E-state index contributed by atoms with van der Waals surface area (Å²) in [7, 11) is 0. The van der Waals surface area contributed by atoms with Crippen LogP contribution < -0.4 is 0 Å². The highest BCUT2D eigenvalue weighted by Gasteiger charge is 2.27. The fourth-order valence-corrected chi connectivity index (χ4v) is 2.89. The fraction of sp³-hybridized carbons (Fsp3) is 0.429. The van der Waals surface area contributed by atoms with Crippen molar-refractivity contribution in [2.24, 2.45) is 5.92 Å². The third-order valence-electron chi connectivity index (χ3n) is 3.46. The zero-order valence-electron chi connectivity index (χ0n) is 10.8. The van der Waals surface area contributed by atoms with Crippen LogP contribution in [0.25, 0.3) is 0 Å². The maximum absolute atomic E-state index is 12.2. The molecule has 0 aromatic heterocycles. The molecule has 1 heterocycles. The van der Waals surface area contributed by atoms with Gasteiger partial charge in [-0.2, -0.15) is 0 Å². The van der Waals surface area contributed by atoms with E-state index in [1.54, 1.807) is 23.1 Å². The number of carboxylic acid groups (broad SMARTS) is 1. The molecule has 108 valence electrons. The quantitative estimate of drug-likeness (QED) is 0.929. The molecule has 1 aromatic rings. The minimum absolute atomic E-state index is 0.0258. The number of halogens is 2. The molecule has 1 saturated heterocycles. The van der Waals surface area contributed by atoms with E-state index >= 15 is 0 Å². The molecular formula is C14H15Cl2NO3. The van der Waals surface area contributed by atoms with Crippen molar-refractivity contribution in [1.82, 2.24) is 4.90 Å². The predicted molar refractivity (Wildman–Crippen MR) is 77.1 cm³/mol. The average Bonchev–Trinajstić information content (AvgIpc) is 2.80. The Labute approximate surface area is 127 Å². The summed E-state index contributed by atoms with van der Waals surface area (Å²) in [4.78, 5) is 24.5. The number of carboxylic acids is 1. The van der Waals surface area contributed by atoms with Crippen LogP contribution in [0.5, 0.6) is 0 Å². The Kier molecular flexibility index (Phi) is 4.89. The van der Waals surface area contributed by atoms with E-state index in [0.717, 1.165) is 12.0 Å². The van der Waals surface area contributed by atoms with E-state index in [4.69, 9.17) is 28.3 Å². The second kappa shape index (κ2) is 6.46. The molecule has 0 aliphatic carbocycles. The lowest BCUT2D eigenvalue weighted by Gasteiger charge is -2.16. The van der Waals surface area contributed by atoms with Crippen LogP contribution in [-0.4, -0.2) is 35.0 Å². The Morgan fingerprint density at radius 3 is 2.75 bits per heavy atom. The van der Waals surface area contributed by atoms with Gasteiger partial charge in [-0.15, -0.1) is 0 Å². The van der Waals surface area contributed by atoms with Crippen LogP contribution in [0, 0.1) is 5.92 Å². The molecule has 1 aromatic carbocycles. The minimum atomic E-state index is -0.815. The highest BCUT2D eigenvalue weighted by atomic mass is 35.5. The van der Waals surface area contributed by atoms with Crippen LogP contribution >= 0.6 is 23.2 Å². The number of benzene rings is 1. The zero-order valence-corrected chi connectivity index (χ0v) is 12.3. The molecule has 1 unspecified atom stereocenters. The molecule has 1 N–H and O–H groups in total. The molecule has 6 heteroatoms. The Bertz CT molecular complexity index is 533. The molecule has 1 aliphatic heterocycles. The molecule has 0 spiro atoms. The summed E-state index contributed by atoms with van der Waals surface area (Å²) in [5, 5.41) is 9.78. The largest absolute Gasteiger partial charge is 0.481 e. The van der Waals surface area contributed by atoms with Crippen LogP contribution in [0.3, 0.4) is 0 Å². The van der Waals surface area contributed by atoms with Crippen LogP contribution in [0.2, 0.25) is 10.0 Å². The highest BCUT2D eigenvalue weighted by Crippen LogP contribution is 2.24. The molecule has 20 heavy (non-hydrogen) atoms. The van der Waals surface area contributed by atoms with Gasteiger partial charge in [0.05, 0.1) is 6.42 Å². The van der Waals surface area contributed by atoms with Gasteiger partial charge >= 0.3 is 5.97 Å². The van der Waals surface area contributed by atoms with Crippen LogP contribution in [-0.2, 0) is 16.0 Å². The number of likely N-dealkylation sites (tertiary alicyclic amines) is 1. The number of carbonyl (C=O) groups excluding carboxylic acids is 1. The van der Waals surface area contributed by atoms with Gasteiger partial charge in [-0.3, -0.25) is 9.59 Å². The van der Waals surface area contributed by atoms with Gasteiger partial charge in [0, 0.05) is 29.6 Å². The van der Waals surface area contributed by atoms with E-state index in [2.05, 4.69) is 0 Å². The second-order valence-electron chi connectivity index (χ2n) is 5.00. The van der Waals surface area contributed by atoms with Crippen LogP contribution in [0.15, 0.2) is 18.2 Å². The lowest BCUT2D eigenvalue weighted by Crippen LogP contribution is -2.30. The standard InChI is InChI=1S/C14H15Cl2NO3/c15-11-2-1-10(12(16)7-11)6-13(18)17-4-3-9(8-17)5-14(19)20/h1-2,7,9H,3-6,8H2,(H,19,20). The van der Waals surface area contributed by atoms with Gasteiger partial charge in [-0.25, -0.2) is 0 Å². The highest BCUT2D eigenvalue weighted by molar-refractivity contribution is 6.35. The maximum Gasteiger partial charge on any atom is 0.303 e. The van der Waals surface area contributed by atoms with Gasteiger partial charge in [0.2, 0.25) is 5.91 Å². The van der Waals surface area contributed by atoms with E-state index in [1.165, 1.54) is 0 Å². The first-order valence-electron chi connectivity index (χ1n) is 6.39. The van der Waals surface area contributed by atoms with Gasteiger partial charge in [-0.05, 0) is 30.0 Å². The topological polar surface area (TPSA) is 57.6 Å². The predicted octanol–water partition coefficient (Wildman–Crippen LogP) is 2.86. The smallest absolute Gasteiger partial charge is 0.303 e. The average molecular weight is 316 g/mol. The Morgan fingerprint density at radius 2 is 2.10 bits per heavy atom. The van der Waals surface area contributed by atoms with Gasteiger partial charge < -0.3 is 10.0 Å². The molecule has 0 saturated carbocycles.